The zero-order chi connectivity index (χ0) is 14.3. The Hall–Kier alpha value is -2.20. The molecule has 3 rings (SSSR count). The minimum absolute atomic E-state index is 0.346. The van der Waals surface area contributed by atoms with Crippen LogP contribution in [0.25, 0.3) is 11.0 Å². The van der Waals surface area contributed by atoms with Crippen LogP contribution in [0.4, 0.5) is 8.78 Å². The maximum atomic E-state index is 13.2. The highest BCUT2D eigenvalue weighted by Crippen LogP contribution is 2.29. The zero-order valence-corrected chi connectivity index (χ0v) is 10.9. The number of fused-ring (bicyclic) bond motifs is 1. The molecule has 102 valence electrons. The van der Waals surface area contributed by atoms with Crippen molar-refractivity contribution in [2.75, 3.05) is 0 Å². The van der Waals surface area contributed by atoms with E-state index in [4.69, 9.17) is 10.2 Å². The molecule has 1 atom stereocenters. The van der Waals surface area contributed by atoms with Gasteiger partial charge >= 0.3 is 0 Å². The molecule has 1 unspecified atom stereocenters. The Labute approximate surface area is 114 Å². The number of rotatable bonds is 2. The van der Waals surface area contributed by atoms with E-state index < -0.39 is 17.7 Å². The lowest BCUT2D eigenvalue weighted by Gasteiger charge is -2.09. The molecular weight excluding hydrogens is 260 g/mol. The van der Waals surface area contributed by atoms with E-state index in [0.29, 0.717) is 11.3 Å². The summed E-state index contributed by atoms with van der Waals surface area (Å²) in [5.41, 5.74) is 8.12. The van der Waals surface area contributed by atoms with E-state index in [1.807, 2.05) is 25.1 Å². The number of aryl methyl sites for hydroxylation is 1. The smallest absolute Gasteiger partial charge is 0.137 e. The van der Waals surface area contributed by atoms with Crippen LogP contribution in [0.3, 0.4) is 0 Å². The number of benzene rings is 2. The predicted molar refractivity (Wildman–Crippen MR) is 73.3 cm³/mol. The van der Waals surface area contributed by atoms with Crippen LogP contribution in [-0.2, 0) is 0 Å². The monoisotopic (exact) mass is 273 g/mol. The molecule has 1 heterocycles. The minimum Gasteiger partial charge on any atom is -0.459 e. The Morgan fingerprint density at radius 1 is 1.05 bits per heavy atom. The number of halogens is 2. The molecule has 0 saturated carbocycles. The summed E-state index contributed by atoms with van der Waals surface area (Å²) in [6, 6.07) is 10.1. The third-order valence-corrected chi connectivity index (χ3v) is 3.31. The van der Waals surface area contributed by atoms with E-state index in [-0.39, 0.29) is 0 Å². The van der Waals surface area contributed by atoms with Crippen LogP contribution in [0.15, 0.2) is 46.9 Å². The fourth-order valence-corrected chi connectivity index (χ4v) is 2.30. The summed E-state index contributed by atoms with van der Waals surface area (Å²) in [4.78, 5) is 0. The summed E-state index contributed by atoms with van der Waals surface area (Å²) in [5.74, 6) is -0.815. The van der Waals surface area contributed by atoms with Crippen LogP contribution in [-0.4, -0.2) is 0 Å². The lowest BCUT2D eigenvalue weighted by atomic mass is 10.0. The normalized spacial score (nSPS) is 12.8. The molecule has 0 fully saturated rings. The second-order valence-corrected chi connectivity index (χ2v) is 4.82. The Balaban J connectivity index is 2.07. The Bertz CT molecular complexity index is 759. The van der Waals surface area contributed by atoms with Crippen LogP contribution >= 0.6 is 0 Å². The topological polar surface area (TPSA) is 39.2 Å². The lowest BCUT2D eigenvalue weighted by Crippen LogP contribution is -2.11. The van der Waals surface area contributed by atoms with Gasteiger partial charge in [0.15, 0.2) is 0 Å². The first-order valence-electron chi connectivity index (χ1n) is 6.25. The van der Waals surface area contributed by atoms with E-state index in [1.165, 1.54) is 12.1 Å². The van der Waals surface area contributed by atoms with Crippen LogP contribution in [0.2, 0.25) is 0 Å². The maximum Gasteiger partial charge on any atom is 0.137 e. The van der Waals surface area contributed by atoms with Gasteiger partial charge in [-0.15, -0.1) is 0 Å². The molecule has 1 aromatic heterocycles. The lowest BCUT2D eigenvalue weighted by molar-refractivity contribution is 0.518. The van der Waals surface area contributed by atoms with Gasteiger partial charge in [0, 0.05) is 11.5 Å². The van der Waals surface area contributed by atoms with Crippen molar-refractivity contribution in [2.45, 2.75) is 13.0 Å². The molecule has 2 aromatic carbocycles. The average molecular weight is 273 g/mol. The van der Waals surface area contributed by atoms with Crippen molar-refractivity contribution >= 4 is 11.0 Å². The van der Waals surface area contributed by atoms with Crippen LogP contribution in [0.5, 0.6) is 0 Å². The largest absolute Gasteiger partial charge is 0.459 e. The molecule has 0 saturated heterocycles. The highest BCUT2D eigenvalue weighted by Gasteiger charge is 2.16. The average Bonchev–Trinajstić information content (AvgIpc) is 2.82. The van der Waals surface area contributed by atoms with E-state index >= 15 is 0 Å². The number of hydrogen-bond acceptors (Lipinski definition) is 2. The van der Waals surface area contributed by atoms with Crippen molar-refractivity contribution in [2.24, 2.45) is 5.73 Å². The van der Waals surface area contributed by atoms with Gasteiger partial charge in [0.25, 0.3) is 0 Å². The fourth-order valence-electron chi connectivity index (χ4n) is 2.30. The zero-order valence-electron chi connectivity index (χ0n) is 10.9. The summed E-state index contributed by atoms with van der Waals surface area (Å²) < 4.78 is 32.2. The van der Waals surface area contributed by atoms with Gasteiger partial charge in [-0.3, -0.25) is 0 Å². The van der Waals surface area contributed by atoms with Gasteiger partial charge < -0.3 is 10.2 Å². The number of furan rings is 1. The van der Waals surface area contributed by atoms with Crippen molar-refractivity contribution < 1.29 is 13.2 Å². The highest BCUT2D eigenvalue weighted by atomic mass is 19.1. The van der Waals surface area contributed by atoms with Crippen molar-refractivity contribution in [3.8, 4) is 0 Å². The molecule has 0 aliphatic carbocycles. The van der Waals surface area contributed by atoms with Crippen LogP contribution < -0.4 is 5.73 Å². The summed E-state index contributed by atoms with van der Waals surface area (Å²) in [6.07, 6.45) is 0. The van der Waals surface area contributed by atoms with Crippen molar-refractivity contribution in [1.82, 2.24) is 0 Å². The molecule has 4 heteroatoms. The molecular formula is C16H13F2NO. The summed E-state index contributed by atoms with van der Waals surface area (Å²) in [6.45, 7) is 1.93. The van der Waals surface area contributed by atoms with Crippen LogP contribution in [0.1, 0.15) is 22.9 Å². The number of para-hydroxylation sites is 1. The molecule has 0 amide bonds. The summed E-state index contributed by atoms with van der Waals surface area (Å²) in [5, 5.41) is 0.923. The second-order valence-electron chi connectivity index (χ2n) is 4.82. The SMILES string of the molecule is Cc1cccc2cc(C(N)c3cc(F)cc(F)c3)oc12. The summed E-state index contributed by atoms with van der Waals surface area (Å²) in [7, 11) is 0. The second kappa shape index (κ2) is 4.72. The van der Waals surface area contributed by atoms with Gasteiger partial charge in [0.2, 0.25) is 0 Å². The van der Waals surface area contributed by atoms with Gasteiger partial charge in [-0.25, -0.2) is 8.78 Å². The Morgan fingerprint density at radius 3 is 2.40 bits per heavy atom. The van der Waals surface area contributed by atoms with E-state index in [0.717, 1.165) is 22.6 Å². The first kappa shape index (κ1) is 12.8. The van der Waals surface area contributed by atoms with E-state index in [2.05, 4.69) is 0 Å². The molecule has 0 spiro atoms. The highest BCUT2D eigenvalue weighted by molar-refractivity contribution is 5.81. The summed E-state index contributed by atoms with van der Waals surface area (Å²) >= 11 is 0. The molecule has 0 aliphatic rings. The predicted octanol–water partition coefficient (Wildman–Crippen LogP) is 4.07. The molecule has 2 nitrogen and oxygen atoms in total. The number of nitrogens with two attached hydrogens (primary N) is 1. The molecule has 0 radical (unpaired) electrons. The first-order valence-corrected chi connectivity index (χ1v) is 6.25. The van der Waals surface area contributed by atoms with Gasteiger partial charge in [0.05, 0.1) is 6.04 Å². The van der Waals surface area contributed by atoms with Crippen molar-refractivity contribution in [3.05, 3.63) is 71.0 Å². The molecule has 0 bridgehead atoms. The molecule has 20 heavy (non-hydrogen) atoms. The third kappa shape index (κ3) is 2.18. The third-order valence-electron chi connectivity index (χ3n) is 3.31. The Morgan fingerprint density at radius 2 is 1.75 bits per heavy atom. The van der Waals surface area contributed by atoms with Gasteiger partial charge in [-0.2, -0.15) is 0 Å². The van der Waals surface area contributed by atoms with Gasteiger partial charge in [-0.05, 0) is 36.2 Å². The van der Waals surface area contributed by atoms with Gasteiger partial charge in [-0.1, -0.05) is 18.2 Å². The minimum atomic E-state index is -0.702. The quantitative estimate of drug-likeness (QED) is 0.764. The molecule has 2 N–H and O–H groups in total. The van der Waals surface area contributed by atoms with E-state index in [9.17, 15) is 8.78 Å². The maximum absolute atomic E-state index is 13.2. The van der Waals surface area contributed by atoms with Crippen LogP contribution in [0, 0.1) is 18.6 Å². The fraction of sp³-hybridized carbons (Fsp3) is 0.125. The molecule has 0 aliphatic heterocycles. The van der Waals surface area contributed by atoms with Crippen molar-refractivity contribution in [1.29, 1.82) is 0 Å². The Kier molecular flexibility index (Phi) is 3.03. The number of hydrogen-bond donors (Lipinski definition) is 1. The van der Waals surface area contributed by atoms with Crippen molar-refractivity contribution in [3.63, 3.8) is 0 Å². The first-order chi connectivity index (χ1) is 9.54. The molecule has 3 aromatic rings. The van der Waals surface area contributed by atoms with E-state index in [1.54, 1.807) is 6.07 Å². The standard InChI is InChI=1S/C16H13F2NO/c1-9-3-2-4-10-7-14(20-16(9)10)15(19)11-5-12(17)8-13(18)6-11/h2-8,15H,19H2,1H3. The van der Waals surface area contributed by atoms with Gasteiger partial charge in [0.1, 0.15) is 23.0 Å².